The van der Waals surface area contributed by atoms with Crippen LogP contribution in [0.1, 0.15) is 13.8 Å². The van der Waals surface area contributed by atoms with Crippen molar-refractivity contribution < 1.29 is 9.90 Å². The van der Waals surface area contributed by atoms with Crippen molar-refractivity contribution in [2.75, 3.05) is 5.32 Å². The van der Waals surface area contributed by atoms with E-state index >= 15 is 0 Å². The fourth-order valence-electron chi connectivity index (χ4n) is 1.35. The molecule has 0 fully saturated rings. The van der Waals surface area contributed by atoms with Gasteiger partial charge in [0, 0.05) is 0 Å². The van der Waals surface area contributed by atoms with Gasteiger partial charge in [-0.3, -0.25) is 4.79 Å². The lowest BCUT2D eigenvalue weighted by Crippen LogP contribution is -2.34. The van der Waals surface area contributed by atoms with Crippen LogP contribution in [0.2, 0.25) is 15.6 Å². The summed E-state index contributed by atoms with van der Waals surface area (Å²) in [5, 5.41) is 11.7. The van der Waals surface area contributed by atoms with Crippen molar-refractivity contribution in [2.45, 2.75) is 19.9 Å². The Kier molecular flexibility index (Phi) is 8.14. The van der Waals surface area contributed by atoms with Crippen LogP contribution in [0.3, 0.4) is 0 Å². The quantitative estimate of drug-likeness (QED) is 0.728. The van der Waals surface area contributed by atoms with Crippen LogP contribution < -0.4 is 11.1 Å². The van der Waals surface area contributed by atoms with E-state index in [0.717, 1.165) is 0 Å². The Balaban J connectivity index is 0.000000307. The van der Waals surface area contributed by atoms with E-state index in [1.807, 2.05) is 12.1 Å². The molecular weight excluding hydrogens is 377 g/mol. The van der Waals surface area contributed by atoms with Gasteiger partial charge in [-0.2, -0.15) is 15.0 Å². The average Bonchev–Trinajstić information content (AvgIpc) is 2.48. The van der Waals surface area contributed by atoms with Gasteiger partial charge >= 0.3 is 5.97 Å². The number of para-hydroxylation sites is 1. The predicted molar refractivity (Wildman–Crippen MR) is 95.0 cm³/mol. The number of aliphatic carboxylic acids is 1. The van der Waals surface area contributed by atoms with Gasteiger partial charge < -0.3 is 16.2 Å². The number of benzene rings is 1. The summed E-state index contributed by atoms with van der Waals surface area (Å²) in [5.74, 6) is -0.661. The summed E-state index contributed by atoms with van der Waals surface area (Å²) in [6, 6.07) is 6.47. The van der Waals surface area contributed by atoms with Crippen molar-refractivity contribution in [3.05, 3.63) is 39.9 Å². The highest BCUT2D eigenvalue weighted by molar-refractivity contribution is 6.33. The monoisotopic (exact) mass is 391 g/mol. The molecular formula is C14H16Cl3N5O2. The molecule has 0 bridgehead atoms. The molecule has 1 heterocycles. The van der Waals surface area contributed by atoms with Crippen molar-refractivity contribution in [3.8, 4) is 0 Å². The predicted octanol–water partition coefficient (Wildman–Crippen LogP) is 3.63. The summed E-state index contributed by atoms with van der Waals surface area (Å²) in [6.07, 6.45) is 0. The zero-order valence-corrected chi connectivity index (χ0v) is 15.1. The molecule has 0 aliphatic rings. The molecule has 0 saturated heterocycles. The molecule has 2 aromatic rings. The van der Waals surface area contributed by atoms with Crippen LogP contribution >= 0.6 is 34.8 Å². The van der Waals surface area contributed by atoms with Gasteiger partial charge in [0.2, 0.25) is 16.5 Å². The standard InChI is InChI=1S/C9H5Cl3N4.C5H11NO2/c10-5-3-1-2-4-6(5)13-9-15-7(11)14-8(12)16-9;1-3(2)4(6)5(7)8/h1-4H,(H,13,14,15,16);3-4H,6H2,1-2H3,(H,7,8)/t;4-/m.0/s1. The Morgan fingerprint density at radius 1 is 1.12 bits per heavy atom. The van der Waals surface area contributed by atoms with Crippen LogP contribution in [-0.2, 0) is 4.79 Å². The number of rotatable bonds is 4. The van der Waals surface area contributed by atoms with Gasteiger partial charge in [-0.25, -0.2) is 0 Å². The number of aromatic nitrogens is 3. The largest absolute Gasteiger partial charge is 0.480 e. The number of nitrogens with two attached hydrogens (primary N) is 1. The smallest absolute Gasteiger partial charge is 0.320 e. The lowest BCUT2D eigenvalue weighted by Gasteiger charge is -2.07. The summed E-state index contributed by atoms with van der Waals surface area (Å²) in [7, 11) is 0. The second kappa shape index (κ2) is 9.58. The first-order valence-corrected chi connectivity index (χ1v) is 7.91. The Morgan fingerprint density at radius 3 is 2.08 bits per heavy atom. The molecule has 1 aromatic heterocycles. The highest BCUT2D eigenvalue weighted by Gasteiger charge is 2.14. The van der Waals surface area contributed by atoms with E-state index in [4.69, 9.17) is 45.6 Å². The highest BCUT2D eigenvalue weighted by Crippen LogP contribution is 2.23. The third-order valence-corrected chi connectivity index (χ3v) is 3.37. The fourth-order valence-corrected chi connectivity index (χ4v) is 1.90. The molecule has 0 unspecified atom stereocenters. The molecule has 1 atom stereocenters. The van der Waals surface area contributed by atoms with Gasteiger partial charge in [0.05, 0.1) is 10.7 Å². The average molecular weight is 393 g/mol. The number of nitrogens with one attached hydrogen (secondary N) is 1. The third kappa shape index (κ3) is 6.84. The summed E-state index contributed by atoms with van der Waals surface area (Å²) < 4.78 is 0. The van der Waals surface area contributed by atoms with E-state index in [9.17, 15) is 4.79 Å². The van der Waals surface area contributed by atoms with E-state index < -0.39 is 12.0 Å². The minimum atomic E-state index is -0.931. The zero-order valence-electron chi connectivity index (χ0n) is 12.9. The summed E-state index contributed by atoms with van der Waals surface area (Å²) in [6.45, 7) is 3.55. The normalized spacial score (nSPS) is 11.5. The Morgan fingerprint density at radius 2 is 1.67 bits per heavy atom. The summed E-state index contributed by atoms with van der Waals surface area (Å²) in [5.41, 5.74) is 5.83. The topological polar surface area (TPSA) is 114 Å². The first kappa shape index (κ1) is 20.4. The minimum absolute atomic E-state index is 0.0208. The van der Waals surface area contributed by atoms with E-state index in [1.165, 1.54) is 0 Å². The molecule has 10 heteroatoms. The van der Waals surface area contributed by atoms with Gasteiger partial charge in [0.15, 0.2) is 0 Å². The first-order chi connectivity index (χ1) is 11.2. The van der Waals surface area contributed by atoms with Crippen molar-refractivity contribution in [1.82, 2.24) is 15.0 Å². The molecule has 1 aromatic carbocycles. The number of anilines is 2. The molecule has 7 nitrogen and oxygen atoms in total. The zero-order chi connectivity index (χ0) is 18.3. The number of halogens is 3. The maximum absolute atomic E-state index is 10.0. The SMILES string of the molecule is CC(C)[C@H](N)C(=O)O.Clc1nc(Cl)nc(Nc2ccccc2Cl)n1. The lowest BCUT2D eigenvalue weighted by atomic mass is 10.1. The van der Waals surface area contributed by atoms with E-state index in [1.54, 1.807) is 26.0 Å². The minimum Gasteiger partial charge on any atom is -0.480 e. The molecule has 0 aliphatic heterocycles. The molecule has 0 spiro atoms. The number of carbonyl (C=O) groups is 1. The van der Waals surface area contributed by atoms with Crippen molar-refractivity contribution in [1.29, 1.82) is 0 Å². The maximum atomic E-state index is 10.0. The second-order valence-electron chi connectivity index (χ2n) is 4.91. The van der Waals surface area contributed by atoms with Crippen LogP contribution in [0.25, 0.3) is 0 Å². The van der Waals surface area contributed by atoms with Crippen molar-refractivity contribution >= 4 is 52.4 Å². The summed E-state index contributed by atoms with van der Waals surface area (Å²) >= 11 is 17.2. The number of carboxylic acid groups (broad SMARTS) is 1. The molecule has 4 N–H and O–H groups in total. The molecule has 0 amide bonds. The van der Waals surface area contributed by atoms with Crippen LogP contribution in [0, 0.1) is 5.92 Å². The molecule has 0 aliphatic carbocycles. The number of hydrogen-bond donors (Lipinski definition) is 3. The van der Waals surface area contributed by atoms with Gasteiger partial charge in [0.1, 0.15) is 6.04 Å². The van der Waals surface area contributed by atoms with Crippen molar-refractivity contribution in [2.24, 2.45) is 11.7 Å². The molecule has 0 radical (unpaired) electrons. The number of carboxylic acids is 1. The fraction of sp³-hybridized carbons (Fsp3) is 0.286. The highest BCUT2D eigenvalue weighted by atomic mass is 35.5. The second-order valence-corrected chi connectivity index (χ2v) is 5.99. The van der Waals surface area contributed by atoms with Crippen LogP contribution in [0.4, 0.5) is 11.6 Å². The van der Waals surface area contributed by atoms with E-state index in [0.29, 0.717) is 10.7 Å². The van der Waals surface area contributed by atoms with Gasteiger partial charge in [-0.15, -0.1) is 0 Å². The molecule has 130 valence electrons. The number of hydrogen-bond acceptors (Lipinski definition) is 6. The lowest BCUT2D eigenvalue weighted by molar-refractivity contribution is -0.139. The first-order valence-electron chi connectivity index (χ1n) is 6.77. The van der Waals surface area contributed by atoms with E-state index in [2.05, 4.69) is 20.3 Å². The van der Waals surface area contributed by atoms with Gasteiger partial charge in [0.25, 0.3) is 0 Å². The third-order valence-electron chi connectivity index (χ3n) is 2.70. The van der Waals surface area contributed by atoms with Gasteiger partial charge in [-0.1, -0.05) is 37.6 Å². The van der Waals surface area contributed by atoms with Crippen molar-refractivity contribution in [3.63, 3.8) is 0 Å². The van der Waals surface area contributed by atoms with Gasteiger partial charge in [-0.05, 0) is 41.3 Å². The molecule has 24 heavy (non-hydrogen) atoms. The van der Waals surface area contributed by atoms with Crippen LogP contribution in [0.5, 0.6) is 0 Å². The Hall–Kier alpha value is -1.67. The molecule has 0 saturated carbocycles. The van der Waals surface area contributed by atoms with E-state index in [-0.39, 0.29) is 22.4 Å². The molecule has 2 rings (SSSR count). The maximum Gasteiger partial charge on any atom is 0.320 e. The van der Waals surface area contributed by atoms with Crippen LogP contribution in [-0.4, -0.2) is 32.1 Å². The Labute approximate surface area is 154 Å². The number of nitrogens with zero attached hydrogens (tertiary/aromatic N) is 3. The summed E-state index contributed by atoms with van der Waals surface area (Å²) in [4.78, 5) is 21.4. The van der Waals surface area contributed by atoms with Crippen LogP contribution in [0.15, 0.2) is 24.3 Å². The Bertz CT molecular complexity index is 680.